The van der Waals surface area contributed by atoms with Crippen molar-refractivity contribution in [3.8, 4) is 0 Å². The molecule has 2 heterocycles. The van der Waals surface area contributed by atoms with Crippen molar-refractivity contribution in [3.05, 3.63) is 47.4 Å². The zero-order chi connectivity index (χ0) is 20.0. The molecule has 28 heavy (non-hydrogen) atoms. The van der Waals surface area contributed by atoms with E-state index in [4.69, 9.17) is 27.8 Å². The molecule has 2 aromatic rings. The van der Waals surface area contributed by atoms with Gasteiger partial charge in [0.05, 0.1) is 6.20 Å². The maximum atomic E-state index is 10.1. The zero-order valence-electron chi connectivity index (χ0n) is 14.7. The van der Waals surface area contributed by atoms with E-state index in [2.05, 4.69) is 10.3 Å². The van der Waals surface area contributed by atoms with E-state index in [0.717, 1.165) is 10.1 Å². The van der Waals surface area contributed by atoms with Crippen molar-refractivity contribution in [1.29, 1.82) is 0 Å². The number of aromatic nitrogens is 2. The fourth-order valence-corrected chi connectivity index (χ4v) is 2.64. The van der Waals surface area contributed by atoms with Crippen LogP contribution in [0, 0.1) is 0 Å². The van der Waals surface area contributed by atoms with Crippen LogP contribution in [-0.4, -0.2) is 56.1 Å². The number of rotatable bonds is 5. The van der Waals surface area contributed by atoms with Gasteiger partial charge < -0.3 is 36.8 Å². The minimum atomic E-state index is -2.13. The van der Waals surface area contributed by atoms with E-state index in [1.165, 1.54) is 12.5 Å². The predicted octanol–water partition coefficient (Wildman–Crippen LogP) is -0.845. The Hall–Kier alpha value is -1.92. The number of halogens is 2. The summed E-state index contributed by atoms with van der Waals surface area (Å²) in [4.78, 5) is 13.6. The molecule has 3 rings (SSSR count). The molecule has 1 amide bonds. The summed E-state index contributed by atoms with van der Waals surface area (Å²) in [5, 5.41) is 32.7. The Kier molecular flexibility index (Phi) is 9.11. The van der Waals surface area contributed by atoms with Gasteiger partial charge in [0.2, 0.25) is 6.41 Å². The van der Waals surface area contributed by atoms with E-state index in [0.29, 0.717) is 18.0 Å². The molecule has 12 heteroatoms. The largest absolute Gasteiger partial charge is 0.387 e. The highest BCUT2D eigenvalue weighted by molar-refractivity contribution is 6.30. The summed E-state index contributed by atoms with van der Waals surface area (Å²) in [5.74, 6) is -2.03. The summed E-state index contributed by atoms with van der Waals surface area (Å²) >= 11 is 5.66. The van der Waals surface area contributed by atoms with Gasteiger partial charge in [-0.3, -0.25) is 9.36 Å². The van der Waals surface area contributed by atoms with Gasteiger partial charge >= 0.3 is 0 Å². The van der Waals surface area contributed by atoms with E-state index in [9.17, 15) is 20.1 Å². The molecule has 4 atom stereocenters. The fourth-order valence-electron chi connectivity index (χ4n) is 2.51. The second kappa shape index (κ2) is 10.6. The highest BCUT2D eigenvalue weighted by Crippen LogP contribution is 2.34. The highest BCUT2D eigenvalue weighted by atomic mass is 35.5. The molecule has 1 aliphatic rings. The van der Waals surface area contributed by atoms with Crippen molar-refractivity contribution in [2.24, 2.45) is 5.73 Å². The van der Waals surface area contributed by atoms with Gasteiger partial charge in [0, 0.05) is 18.1 Å². The lowest BCUT2D eigenvalue weighted by Gasteiger charge is -2.27. The van der Waals surface area contributed by atoms with Crippen LogP contribution in [0.1, 0.15) is 5.56 Å². The van der Waals surface area contributed by atoms with E-state index in [1.54, 1.807) is 12.1 Å². The third kappa shape index (κ3) is 5.32. The number of aliphatic hydroxyl groups excluding tert-OH is 2. The number of nitrogens with two attached hydrogens (primary N) is 2. The van der Waals surface area contributed by atoms with Gasteiger partial charge in [0.15, 0.2) is 6.10 Å². The topological polar surface area (TPSA) is 169 Å². The van der Waals surface area contributed by atoms with Crippen molar-refractivity contribution in [2.45, 2.75) is 30.8 Å². The molecule has 1 aliphatic heterocycles. The number of nitrogen functional groups attached to an aromatic ring is 1. The third-order valence-electron chi connectivity index (χ3n) is 3.96. The van der Waals surface area contributed by atoms with Crippen LogP contribution in [0.25, 0.3) is 0 Å². The minimum Gasteiger partial charge on any atom is -0.387 e. The minimum absolute atomic E-state index is 0. The number of imidazole rings is 1. The average Bonchev–Trinajstić information content (AvgIpc) is 3.19. The Morgan fingerprint density at radius 1 is 1.36 bits per heavy atom. The molecule has 0 saturated carbocycles. The first-order valence-electron chi connectivity index (χ1n) is 7.99. The predicted molar refractivity (Wildman–Crippen MR) is 104 cm³/mol. The molecular formula is C16H23Cl2N5O5. The molecule has 0 bridgehead atoms. The van der Waals surface area contributed by atoms with E-state index in [-0.39, 0.29) is 24.8 Å². The molecule has 10 nitrogen and oxygen atoms in total. The van der Waals surface area contributed by atoms with Crippen molar-refractivity contribution in [2.75, 3.05) is 12.3 Å². The molecule has 0 unspecified atom stereocenters. The monoisotopic (exact) mass is 435 g/mol. The molecular weight excluding hydrogens is 413 g/mol. The van der Waals surface area contributed by atoms with Crippen molar-refractivity contribution in [3.63, 3.8) is 0 Å². The van der Waals surface area contributed by atoms with Gasteiger partial charge in [-0.1, -0.05) is 23.7 Å². The summed E-state index contributed by atoms with van der Waals surface area (Å²) in [6, 6.07) is 7.34. The smallest absolute Gasteiger partial charge is 0.286 e. The lowest BCUT2D eigenvalue weighted by atomic mass is 10.1. The first-order chi connectivity index (χ1) is 12.8. The van der Waals surface area contributed by atoms with E-state index in [1.807, 2.05) is 12.1 Å². The van der Waals surface area contributed by atoms with Crippen molar-refractivity contribution in [1.82, 2.24) is 14.9 Å². The van der Waals surface area contributed by atoms with Crippen LogP contribution in [0.2, 0.25) is 5.02 Å². The van der Waals surface area contributed by atoms with Crippen molar-refractivity contribution >= 4 is 36.2 Å². The first-order valence-corrected chi connectivity index (χ1v) is 8.37. The summed E-state index contributed by atoms with van der Waals surface area (Å²) in [7, 11) is 0. The van der Waals surface area contributed by atoms with Gasteiger partial charge in [0.25, 0.3) is 5.91 Å². The van der Waals surface area contributed by atoms with Crippen LogP contribution < -0.4 is 16.8 Å². The van der Waals surface area contributed by atoms with Crippen LogP contribution in [0.15, 0.2) is 36.8 Å². The van der Waals surface area contributed by atoms with Crippen molar-refractivity contribution < 1.29 is 24.9 Å². The molecule has 0 radical (unpaired) electrons. The van der Waals surface area contributed by atoms with Crippen LogP contribution in [0.3, 0.4) is 0 Å². The van der Waals surface area contributed by atoms with E-state index >= 15 is 0 Å². The Balaban J connectivity index is 0.000000289. The van der Waals surface area contributed by atoms with Crippen LogP contribution in [-0.2, 0) is 22.0 Å². The standard InChI is InChI=1S/C8H8ClNO.C8H14N4O4.ClH/c9-8-3-1-7(2-4-8)5-10-6-11;9-1-4-6(13)7(14)8(15,16-4)12-3-11-2-5(12)10;/h1-4,6H,5H2,(H,10,11);2-4,6-7,13-15H,1,9-10H2;1H/t;4-,6-,7-,8-;/m.1./s1. The number of carbonyl (C=O) groups is 1. The maximum absolute atomic E-state index is 10.1. The van der Waals surface area contributed by atoms with Gasteiger partial charge in [-0.05, 0) is 17.7 Å². The number of benzene rings is 1. The summed E-state index contributed by atoms with van der Waals surface area (Å²) < 4.78 is 6.16. The molecule has 8 N–H and O–H groups in total. The van der Waals surface area contributed by atoms with Gasteiger partial charge in [-0.2, -0.15) is 0 Å². The molecule has 156 valence electrons. The number of nitrogens with zero attached hydrogens (tertiary/aromatic N) is 2. The van der Waals surface area contributed by atoms with Crippen LogP contribution in [0.4, 0.5) is 5.82 Å². The number of aliphatic hydroxyl groups is 3. The third-order valence-corrected chi connectivity index (χ3v) is 4.21. The summed E-state index contributed by atoms with van der Waals surface area (Å²) in [6.45, 7) is 0.524. The number of hydrogen-bond acceptors (Lipinski definition) is 8. The fraction of sp³-hybridized carbons (Fsp3) is 0.375. The molecule has 1 fully saturated rings. The summed E-state index contributed by atoms with van der Waals surface area (Å²) in [6.07, 6.45) is -0.522. The average molecular weight is 436 g/mol. The molecule has 1 saturated heterocycles. The van der Waals surface area contributed by atoms with E-state index < -0.39 is 24.2 Å². The Morgan fingerprint density at radius 2 is 2.00 bits per heavy atom. The normalized spacial score (nSPS) is 26.0. The number of amides is 1. The SMILES string of the molecule is Cl.NC[C@H]1O[C@@](O)(n2cncc2N)[C@H](O)[C@@H]1O.O=CNCc1ccc(Cl)cc1. The Bertz CT molecular complexity index is 747. The van der Waals surface area contributed by atoms with Gasteiger partial charge in [0.1, 0.15) is 24.4 Å². The van der Waals surface area contributed by atoms with Gasteiger partial charge in [-0.15, -0.1) is 12.4 Å². The Morgan fingerprint density at radius 3 is 2.46 bits per heavy atom. The number of anilines is 1. The second-order valence-corrected chi connectivity index (χ2v) is 6.24. The highest BCUT2D eigenvalue weighted by Gasteiger charge is 2.55. The van der Waals surface area contributed by atoms with Crippen LogP contribution >= 0.6 is 24.0 Å². The number of ether oxygens (including phenoxy) is 1. The zero-order valence-corrected chi connectivity index (χ0v) is 16.3. The molecule has 1 aromatic carbocycles. The lowest BCUT2D eigenvalue weighted by Crippen LogP contribution is -2.45. The number of hydrogen-bond donors (Lipinski definition) is 6. The van der Waals surface area contributed by atoms with Gasteiger partial charge in [-0.25, -0.2) is 4.98 Å². The summed E-state index contributed by atoms with van der Waals surface area (Å²) in [5.41, 5.74) is 11.9. The quantitative estimate of drug-likeness (QED) is 0.330. The van der Waals surface area contributed by atoms with Crippen LogP contribution in [0.5, 0.6) is 0 Å². The molecule has 0 aliphatic carbocycles. The lowest BCUT2D eigenvalue weighted by molar-refractivity contribution is -0.284. The Labute approximate surface area is 172 Å². The number of nitrogens with one attached hydrogen (secondary N) is 1. The second-order valence-electron chi connectivity index (χ2n) is 5.80. The number of carbonyl (C=O) groups excluding carboxylic acids is 1. The maximum Gasteiger partial charge on any atom is 0.286 e. The molecule has 0 spiro atoms. The molecule has 1 aromatic heterocycles. The first kappa shape index (κ1) is 24.1.